The third-order valence-corrected chi connectivity index (χ3v) is 6.02. The van der Waals surface area contributed by atoms with Gasteiger partial charge >= 0.3 is 0 Å². The van der Waals surface area contributed by atoms with Gasteiger partial charge in [-0.25, -0.2) is 9.97 Å². The Hall–Kier alpha value is -1.37. The molecule has 0 amide bonds. The quantitative estimate of drug-likeness (QED) is 0.722. The zero-order valence-electron chi connectivity index (χ0n) is 10.9. The smallest absolute Gasteiger partial charge is 0.181 e. The summed E-state index contributed by atoms with van der Waals surface area (Å²) in [6.45, 7) is 1.99. The minimum absolute atomic E-state index is 0.633. The first-order chi connectivity index (χ1) is 9.72. The maximum absolute atomic E-state index is 5.71. The van der Waals surface area contributed by atoms with E-state index in [-0.39, 0.29) is 0 Å². The van der Waals surface area contributed by atoms with Gasteiger partial charge in [-0.05, 0) is 6.92 Å². The Balaban J connectivity index is 1.70. The SMILES string of the molecule is Cc1nc(N)sc1SCc1csc(-c2ccccc2)n1. The summed E-state index contributed by atoms with van der Waals surface area (Å²) >= 11 is 4.98. The van der Waals surface area contributed by atoms with Gasteiger partial charge in [0.1, 0.15) is 5.01 Å². The summed E-state index contributed by atoms with van der Waals surface area (Å²) in [5.41, 5.74) is 8.99. The van der Waals surface area contributed by atoms with Gasteiger partial charge in [0.05, 0.1) is 15.6 Å². The molecule has 0 fully saturated rings. The van der Waals surface area contributed by atoms with E-state index in [4.69, 9.17) is 5.73 Å². The molecule has 2 heterocycles. The Morgan fingerprint density at radius 3 is 2.70 bits per heavy atom. The fraction of sp³-hybridized carbons (Fsp3) is 0.143. The van der Waals surface area contributed by atoms with E-state index in [9.17, 15) is 0 Å². The number of anilines is 1. The Labute approximate surface area is 129 Å². The summed E-state index contributed by atoms with van der Waals surface area (Å²) in [4.78, 5) is 8.92. The molecule has 20 heavy (non-hydrogen) atoms. The minimum Gasteiger partial charge on any atom is -0.375 e. The zero-order valence-corrected chi connectivity index (χ0v) is 13.3. The molecule has 0 unspecified atom stereocenters. The molecule has 0 radical (unpaired) electrons. The lowest BCUT2D eigenvalue weighted by atomic mass is 10.2. The van der Waals surface area contributed by atoms with Gasteiger partial charge in [-0.3, -0.25) is 0 Å². The lowest BCUT2D eigenvalue weighted by Crippen LogP contribution is -1.82. The van der Waals surface area contributed by atoms with Gasteiger partial charge in [-0.1, -0.05) is 41.7 Å². The third kappa shape index (κ3) is 3.03. The lowest BCUT2D eigenvalue weighted by Gasteiger charge is -1.96. The third-order valence-electron chi connectivity index (χ3n) is 2.69. The van der Waals surface area contributed by atoms with E-state index >= 15 is 0 Å². The molecule has 0 saturated carbocycles. The first-order valence-corrected chi connectivity index (χ1v) is 8.76. The molecule has 0 saturated heterocycles. The minimum atomic E-state index is 0.633. The second kappa shape index (κ2) is 5.95. The van der Waals surface area contributed by atoms with Crippen molar-refractivity contribution in [3.8, 4) is 10.6 Å². The molecule has 0 aliphatic rings. The molecule has 3 nitrogen and oxygen atoms in total. The fourth-order valence-electron chi connectivity index (χ4n) is 1.76. The van der Waals surface area contributed by atoms with Gasteiger partial charge in [0.15, 0.2) is 5.13 Å². The van der Waals surface area contributed by atoms with Crippen molar-refractivity contribution in [3.63, 3.8) is 0 Å². The first-order valence-electron chi connectivity index (χ1n) is 6.08. The Kier molecular flexibility index (Phi) is 4.05. The van der Waals surface area contributed by atoms with E-state index in [1.54, 1.807) is 34.4 Å². The van der Waals surface area contributed by atoms with Crippen molar-refractivity contribution in [3.05, 3.63) is 47.1 Å². The highest BCUT2D eigenvalue weighted by molar-refractivity contribution is 8.00. The van der Waals surface area contributed by atoms with Crippen LogP contribution >= 0.6 is 34.4 Å². The number of benzene rings is 1. The van der Waals surface area contributed by atoms with Crippen molar-refractivity contribution in [2.45, 2.75) is 16.9 Å². The topological polar surface area (TPSA) is 51.8 Å². The van der Waals surface area contributed by atoms with Crippen molar-refractivity contribution < 1.29 is 0 Å². The predicted octanol–water partition coefficient (Wildman–Crippen LogP) is 4.45. The molecule has 2 N–H and O–H groups in total. The molecule has 6 heteroatoms. The van der Waals surface area contributed by atoms with Crippen LogP contribution < -0.4 is 5.73 Å². The maximum atomic E-state index is 5.71. The standard InChI is InChI=1S/C14H13N3S3/c1-9-13(20-14(15)16-9)19-8-11-7-18-12(17-11)10-5-3-2-4-6-10/h2-7H,8H2,1H3,(H2,15,16). The molecule has 0 aliphatic heterocycles. The number of aromatic nitrogens is 2. The molecule has 0 atom stereocenters. The van der Waals surface area contributed by atoms with E-state index in [0.29, 0.717) is 5.13 Å². The fourth-order valence-corrected chi connectivity index (χ4v) is 4.61. The van der Waals surface area contributed by atoms with Crippen LogP contribution in [0.1, 0.15) is 11.4 Å². The van der Waals surface area contributed by atoms with Crippen LogP contribution in [0.15, 0.2) is 39.9 Å². The number of nitrogen functional groups attached to an aromatic ring is 1. The maximum Gasteiger partial charge on any atom is 0.181 e. The molecular weight excluding hydrogens is 306 g/mol. The molecule has 0 bridgehead atoms. The number of rotatable bonds is 4. The van der Waals surface area contributed by atoms with Crippen LogP contribution in [0.4, 0.5) is 5.13 Å². The Morgan fingerprint density at radius 1 is 1.20 bits per heavy atom. The average Bonchev–Trinajstić information content (AvgIpc) is 3.04. The summed E-state index contributed by atoms with van der Waals surface area (Å²) in [7, 11) is 0. The monoisotopic (exact) mass is 319 g/mol. The van der Waals surface area contributed by atoms with Gasteiger partial charge in [-0.15, -0.1) is 23.1 Å². The van der Waals surface area contributed by atoms with E-state index < -0.39 is 0 Å². The first kappa shape index (κ1) is 13.6. The number of thiazole rings is 2. The largest absolute Gasteiger partial charge is 0.375 e. The number of hydrogen-bond acceptors (Lipinski definition) is 6. The number of hydrogen-bond donors (Lipinski definition) is 1. The highest BCUT2D eigenvalue weighted by Gasteiger charge is 2.09. The van der Waals surface area contributed by atoms with E-state index in [2.05, 4.69) is 27.5 Å². The summed E-state index contributed by atoms with van der Waals surface area (Å²) in [5.74, 6) is 0.853. The van der Waals surface area contributed by atoms with Crippen LogP contribution in [0.5, 0.6) is 0 Å². The average molecular weight is 319 g/mol. The molecule has 3 aromatic rings. The molecular formula is C14H13N3S3. The molecule has 0 aliphatic carbocycles. The zero-order chi connectivity index (χ0) is 13.9. The summed E-state index contributed by atoms with van der Waals surface area (Å²) in [6.07, 6.45) is 0. The van der Waals surface area contributed by atoms with Crippen molar-refractivity contribution in [1.29, 1.82) is 0 Å². The van der Waals surface area contributed by atoms with Crippen LogP contribution in [0.2, 0.25) is 0 Å². The van der Waals surface area contributed by atoms with Crippen LogP contribution in [0, 0.1) is 6.92 Å². The van der Waals surface area contributed by atoms with Crippen molar-refractivity contribution in [2.24, 2.45) is 0 Å². The summed E-state index contributed by atoms with van der Waals surface area (Å²) in [6, 6.07) is 10.3. The number of nitrogens with two attached hydrogens (primary N) is 1. The van der Waals surface area contributed by atoms with Crippen LogP contribution in [-0.2, 0) is 5.75 Å². The van der Waals surface area contributed by atoms with Gasteiger partial charge < -0.3 is 5.73 Å². The highest BCUT2D eigenvalue weighted by Crippen LogP contribution is 2.33. The highest BCUT2D eigenvalue weighted by atomic mass is 32.2. The lowest BCUT2D eigenvalue weighted by molar-refractivity contribution is 1.20. The second-order valence-electron chi connectivity index (χ2n) is 4.22. The Bertz CT molecular complexity index is 704. The summed E-state index contributed by atoms with van der Waals surface area (Å²) < 4.78 is 1.18. The van der Waals surface area contributed by atoms with Crippen LogP contribution in [0.3, 0.4) is 0 Å². The summed E-state index contributed by atoms with van der Waals surface area (Å²) in [5, 5.41) is 3.82. The van der Waals surface area contributed by atoms with Crippen LogP contribution in [0.25, 0.3) is 10.6 Å². The number of nitrogens with zero attached hydrogens (tertiary/aromatic N) is 2. The number of thioether (sulfide) groups is 1. The second-order valence-corrected chi connectivity index (χ2v) is 7.36. The van der Waals surface area contributed by atoms with Gasteiger partial charge in [0, 0.05) is 16.7 Å². The molecule has 0 spiro atoms. The van der Waals surface area contributed by atoms with Gasteiger partial charge in [-0.2, -0.15) is 0 Å². The Morgan fingerprint density at radius 2 is 2.00 bits per heavy atom. The molecule has 102 valence electrons. The van der Waals surface area contributed by atoms with E-state index in [0.717, 1.165) is 22.1 Å². The number of aryl methyl sites for hydroxylation is 1. The molecule has 3 rings (SSSR count). The normalized spacial score (nSPS) is 10.8. The molecule has 1 aromatic carbocycles. The van der Waals surface area contributed by atoms with Gasteiger partial charge in [0.2, 0.25) is 0 Å². The van der Waals surface area contributed by atoms with Crippen molar-refractivity contribution in [1.82, 2.24) is 9.97 Å². The van der Waals surface area contributed by atoms with Gasteiger partial charge in [0.25, 0.3) is 0 Å². The van der Waals surface area contributed by atoms with Crippen molar-refractivity contribution in [2.75, 3.05) is 5.73 Å². The van der Waals surface area contributed by atoms with E-state index in [1.807, 2.05) is 25.1 Å². The van der Waals surface area contributed by atoms with Crippen LogP contribution in [-0.4, -0.2) is 9.97 Å². The predicted molar refractivity (Wildman–Crippen MR) is 88.4 cm³/mol. The molecule has 2 aromatic heterocycles. The van der Waals surface area contributed by atoms with Crippen molar-refractivity contribution >= 4 is 39.6 Å². The van der Waals surface area contributed by atoms with E-state index in [1.165, 1.54) is 9.77 Å².